The molecule has 0 saturated carbocycles. The SMILES string of the molecule is CCCNC(CCC)[N]C. The van der Waals surface area contributed by atoms with Gasteiger partial charge in [-0.15, -0.1) is 0 Å². The second-order valence-electron chi connectivity index (χ2n) is 2.52. The Hall–Kier alpha value is -0.0800. The maximum Gasteiger partial charge on any atom is 0.0732 e. The molecule has 0 aliphatic rings. The van der Waals surface area contributed by atoms with Crippen LogP contribution in [-0.4, -0.2) is 19.8 Å². The molecule has 1 N–H and O–H groups in total. The maximum absolute atomic E-state index is 4.20. The van der Waals surface area contributed by atoms with Crippen molar-refractivity contribution in [3.8, 4) is 0 Å². The Morgan fingerprint density at radius 1 is 1.30 bits per heavy atom. The van der Waals surface area contributed by atoms with Gasteiger partial charge in [-0.1, -0.05) is 20.3 Å². The van der Waals surface area contributed by atoms with Crippen LogP contribution in [0.2, 0.25) is 0 Å². The number of nitrogens with one attached hydrogen (secondary N) is 1. The van der Waals surface area contributed by atoms with Crippen molar-refractivity contribution < 1.29 is 0 Å². The summed E-state index contributed by atoms with van der Waals surface area (Å²) in [6.07, 6.45) is 3.95. The molecule has 10 heavy (non-hydrogen) atoms. The van der Waals surface area contributed by atoms with Gasteiger partial charge in [0.1, 0.15) is 0 Å². The average Bonchev–Trinajstić information content (AvgIpc) is 1.98. The third-order valence-electron chi connectivity index (χ3n) is 1.50. The van der Waals surface area contributed by atoms with Gasteiger partial charge >= 0.3 is 0 Å². The molecule has 0 aromatic rings. The average molecular weight is 143 g/mol. The van der Waals surface area contributed by atoms with Crippen molar-refractivity contribution in [3.63, 3.8) is 0 Å². The first-order chi connectivity index (χ1) is 4.85. The van der Waals surface area contributed by atoms with Crippen LogP contribution in [0.4, 0.5) is 0 Å². The molecule has 0 fully saturated rings. The van der Waals surface area contributed by atoms with E-state index in [9.17, 15) is 0 Å². The molecule has 0 spiro atoms. The van der Waals surface area contributed by atoms with Crippen molar-refractivity contribution in [1.82, 2.24) is 10.6 Å². The molecule has 0 rings (SSSR count). The van der Waals surface area contributed by atoms with Crippen LogP contribution in [-0.2, 0) is 0 Å². The van der Waals surface area contributed by atoms with Crippen LogP contribution in [0.5, 0.6) is 0 Å². The van der Waals surface area contributed by atoms with Crippen LogP contribution in [0.3, 0.4) is 0 Å². The Morgan fingerprint density at radius 3 is 2.40 bits per heavy atom. The highest BCUT2D eigenvalue weighted by molar-refractivity contribution is 4.59. The van der Waals surface area contributed by atoms with Gasteiger partial charge in [-0.2, -0.15) is 0 Å². The highest BCUT2D eigenvalue weighted by Crippen LogP contribution is 1.92. The van der Waals surface area contributed by atoms with Crippen LogP contribution in [0, 0.1) is 0 Å². The van der Waals surface area contributed by atoms with E-state index in [4.69, 9.17) is 0 Å². The molecule has 2 nitrogen and oxygen atoms in total. The standard InChI is InChI=1S/C8H19N2/c1-4-6-8(9-3)10-7-5-2/h8,10H,4-7H2,1-3H3. The summed E-state index contributed by atoms with van der Waals surface area (Å²) in [7, 11) is 1.88. The van der Waals surface area contributed by atoms with Gasteiger partial charge in [0.05, 0.1) is 6.17 Å². The Kier molecular flexibility index (Phi) is 6.98. The molecule has 1 unspecified atom stereocenters. The van der Waals surface area contributed by atoms with Gasteiger partial charge in [0.25, 0.3) is 0 Å². The highest BCUT2D eigenvalue weighted by atomic mass is 15.1. The van der Waals surface area contributed by atoms with E-state index in [1.807, 2.05) is 7.05 Å². The van der Waals surface area contributed by atoms with E-state index in [-0.39, 0.29) is 0 Å². The molecule has 0 aliphatic carbocycles. The molecule has 2 heteroatoms. The summed E-state index contributed by atoms with van der Waals surface area (Å²) in [6, 6.07) is 0. The third kappa shape index (κ3) is 4.77. The van der Waals surface area contributed by atoms with Gasteiger partial charge < -0.3 is 5.32 Å². The first kappa shape index (κ1) is 9.92. The van der Waals surface area contributed by atoms with Gasteiger partial charge in [0, 0.05) is 7.05 Å². The van der Waals surface area contributed by atoms with Crippen molar-refractivity contribution in [2.45, 2.75) is 39.3 Å². The van der Waals surface area contributed by atoms with Crippen LogP contribution >= 0.6 is 0 Å². The summed E-state index contributed by atoms with van der Waals surface area (Å²) in [4.78, 5) is 0. The zero-order valence-corrected chi connectivity index (χ0v) is 7.35. The minimum atomic E-state index is 0.393. The normalized spacial score (nSPS) is 13.5. The predicted molar refractivity (Wildman–Crippen MR) is 45.0 cm³/mol. The Bertz CT molecular complexity index is 64.3. The van der Waals surface area contributed by atoms with Crippen molar-refractivity contribution >= 4 is 0 Å². The van der Waals surface area contributed by atoms with E-state index in [2.05, 4.69) is 24.5 Å². The molecular formula is C8H19N2. The Morgan fingerprint density at radius 2 is 2.00 bits per heavy atom. The molecular weight excluding hydrogens is 124 g/mol. The van der Waals surface area contributed by atoms with Crippen LogP contribution in [0.1, 0.15) is 33.1 Å². The van der Waals surface area contributed by atoms with Gasteiger partial charge in [-0.05, 0) is 19.4 Å². The summed E-state index contributed by atoms with van der Waals surface area (Å²) < 4.78 is 0. The van der Waals surface area contributed by atoms with Crippen LogP contribution in [0.25, 0.3) is 0 Å². The molecule has 1 radical (unpaired) electrons. The number of hydrogen-bond donors (Lipinski definition) is 1. The van der Waals surface area contributed by atoms with Crippen LogP contribution in [0.15, 0.2) is 0 Å². The lowest BCUT2D eigenvalue weighted by molar-refractivity contribution is 0.419. The van der Waals surface area contributed by atoms with Crippen molar-refractivity contribution in [2.75, 3.05) is 13.6 Å². The molecule has 1 atom stereocenters. The van der Waals surface area contributed by atoms with E-state index in [1.165, 1.54) is 12.8 Å². The molecule has 0 aromatic heterocycles. The second kappa shape index (κ2) is 7.03. The fraction of sp³-hybridized carbons (Fsp3) is 1.00. The van der Waals surface area contributed by atoms with Gasteiger partial charge in [0.2, 0.25) is 0 Å². The minimum Gasteiger partial charge on any atom is -0.301 e. The first-order valence-electron chi connectivity index (χ1n) is 4.17. The fourth-order valence-corrected chi connectivity index (χ4v) is 0.907. The van der Waals surface area contributed by atoms with E-state index in [0.29, 0.717) is 6.17 Å². The van der Waals surface area contributed by atoms with Crippen molar-refractivity contribution in [1.29, 1.82) is 0 Å². The lowest BCUT2D eigenvalue weighted by Gasteiger charge is -2.14. The van der Waals surface area contributed by atoms with E-state index in [0.717, 1.165) is 13.0 Å². The minimum absolute atomic E-state index is 0.393. The quantitative estimate of drug-likeness (QED) is 0.596. The molecule has 0 aliphatic heterocycles. The third-order valence-corrected chi connectivity index (χ3v) is 1.50. The smallest absolute Gasteiger partial charge is 0.0732 e. The Balaban J connectivity index is 3.21. The molecule has 0 amide bonds. The van der Waals surface area contributed by atoms with E-state index in [1.54, 1.807) is 0 Å². The van der Waals surface area contributed by atoms with E-state index >= 15 is 0 Å². The number of hydrogen-bond acceptors (Lipinski definition) is 1. The van der Waals surface area contributed by atoms with Crippen LogP contribution < -0.4 is 10.6 Å². The van der Waals surface area contributed by atoms with Gasteiger partial charge in [0.15, 0.2) is 0 Å². The summed E-state index contributed by atoms with van der Waals surface area (Å²) in [5, 5.41) is 7.56. The Labute approximate surface area is 64.4 Å². The zero-order chi connectivity index (χ0) is 7.82. The monoisotopic (exact) mass is 143 g/mol. The summed E-state index contributed by atoms with van der Waals surface area (Å²) in [5.41, 5.74) is 0. The number of nitrogens with zero attached hydrogens (tertiary/aromatic N) is 1. The number of rotatable bonds is 6. The summed E-state index contributed by atoms with van der Waals surface area (Å²) >= 11 is 0. The van der Waals surface area contributed by atoms with Gasteiger partial charge in [-0.25, -0.2) is 5.32 Å². The van der Waals surface area contributed by atoms with E-state index < -0.39 is 0 Å². The zero-order valence-electron chi connectivity index (χ0n) is 7.35. The largest absolute Gasteiger partial charge is 0.301 e. The fourth-order valence-electron chi connectivity index (χ4n) is 0.907. The first-order valence-corrected chi connectivity index (χ1v) is 4.17. The highest BCUT2D eigenvalue weighted by Gasteiger charge is 2.01. The predicted octanol–water partition coefficient (Wildman–Crippen LogP) is 1.35. The molecule has 0 heterocycles. The summed E-state index contributed by atoms with van der Waals surface area (Å²) in [5.74, 6) is 0. The van der Waals surface area contributed by atoms with Gasteiger partial charge in [-0.3, -0.25) is 0 Å². The lowest BCUT2D eigenvalue weighted by Crippen LogP contribution is -2.36. The molecule has 61 valence electrons. The van der Waals surface area contributed by atoms with Crippen molar-refractivity contribution in [3.05, 3.63) is 0 Å². The maximum atomic E-state index is 4.20. The second-order valence-corrected chi connectivity index (χ2v) is 2.52. The topological polar surface area (TPSA) is 26.1 Å². The molecule has 0 bridgehead atoms. The molecule has 0 aromatic carbocycles. The van der Waals surface area contributed by atoms with Crippen molar-refractivity contribution in [2.24, 2.45) is 0 Å². The molecule has 0 saturated heterocycles. The summed E-state index contributed by atoms with van der Waals surface area (Å²) in [6.45, 7) is 5.44. The lowest BCUT2D eigenvalue weighted by atomic mass is 10.2.